The molecule has 5 heterocycles. The Morgan fingerprint density at radius 1 is 1.31 bits per heavy atom. The summed E-state index contributed by atoms with van der Waals surface area (Å²) in [5.74, 6) is -2.47. The van der Waals surface area contributed by atoms with E-state index >= 15 is 0 Å². The minimum atomic E-state index is -2.60. The monoisotopic (exact) mass is 474 g/mol. The first kappa shape index (κ1) is 23.1. The normalized spacial score (nSPS) is 17.9. The number of pyridine rings is 2. The Kier molecular flexibility index (Phi) is 6.06. The smallest absolute Gasteiger partial charge is 0.261 e. The number of likely N-dealkylation sites (tertiary alicyclic amines) is 1. The third-order valence-electron chi connectivity index (χ3n) is 6.34. The van der Waals surface area contributed by atoms with Crippen molar-refractivity contribution >= 4 is 27.6 Å². The number of nitrogens with zero attached hydrogens (tertiary/aromatic N) is 4. The Labute approximate surface area is 202 Å². The molecule has 2 N–H and O–H groups in total. The fourth-order valence-electron chi connectivity index (χ4n) is 4.54. The Bertz CT molecular complexity index is 1410. The maximum Gasteiger partial charge on any atom is 0.261 e. The second kappa shape index (κ2) is 9.19. The molecule has 0 spiro atoms. The van der Waals surface area contributed by atoms with Crippen LogP contribution < -0.4 is 0 Å². The molecule has 5 rings (SSSR count). The summed E-state index contributed by atoms with van der Waals surface area (Å²) >= 11 is 0. The van der Waals surface area contributed by atoms with Crippen LogP contribution >= 0.6 is 0 Å². The minimum Gasteiger partial charge on any atom is -0.352 e. The van der Waals surface area contributed by atoms with Gasteiger partial charge in [0.15, 0.2) is 5.65 Å². The zero-order chi connectivity index (χ0) is 24.6. The second-order valence-corrected chi connectivity index (χ2v) is 9.34. The van der Waals surface area contributed by atoms with Gasteiger partial charge in [0.05, 0.1) is 29.0 Å². The fraction of sp³-hybridized carbons (Fsp3) is 0.296. The van der Waals surface area contributed by atoms with E-state index in [1.807, 2.05) is 31.2 Å². The molecule has 0 radical (unpaired) electrons. The Morgan fingerprint density at radius 3 is 2.91 bits per heavy atom. The first-order valence-electron chi connectivity index (χ1n) is 11.7. The van der Waals surface area contributed by atoms with Gasteiger partial charge in [-0.25, -0.2) is 13.8 Å². The summed E-state index contributed by atoms with van der Waals surface area (Å²) in [6.45, 7) is 8.67. The topological polar surface area (TPSA) is 73.5 Å². The van der Waals surface area contributed by atoms with Crippen LogP contribution in [-0.4, -0.2) is 55.6 Å². The number of hydrogen-bond acceptors (Lipinski definition) is 4. The van der Waals surface area contributed by atoms with Crippen LogP contribution in [0.25, 0.3) is 39.0 Å². The Balaban J connectivity index is 1.51. The van der Waals surface area contributed by atoms with E-state index in [0.717, 1.165) is 44.5 Å². The van der Waals surface area contributed by atoms with E-state index in [-0.39, 0.29) is 18.9 Å². The van der Waals surface area contributed by atoms with Crippen LogP contribution in [0.2, 0.25) is 0 Å². The first-order valence-corrected chi connectivity index (χ1v) is 11.7. The lowest BCUT2D eigenvalue weighted by atomic mass is 9.98. The van der Waals surface area contributed by atoms with Gasteiger partial charge in [-0.05, 0) is 42.7 Å². The van der Waals surface area contributed by atoms with Gasteiger partial charge in [0.1, 0.15) is 0 Å². The van der Waals surface area contributed by atoms with Crippen LogP contribution in [0, 0.1) is 5.92 Å². The van der Waals surface area contributed by atoms with Crippen molar-refractivity contribution in [1.29, 1.82) is 0 Å². The summed E-state index contributed by atoms with van der Waals surface area (Å²) in [6, 6.07) is 7.93. The van der Waals surface area contributed by atoms with Gasteiger partial charge in [-0.1, -0.05) is 30.7 Å². The maximum absolute atomic E-state index is 13.6. The Morgan fingerprint density at radius 2 is 2.17 bits per heavy atom. The van der Waals surface area contributed by atoms with Crippen molar-refractivity contribution in [3.05, 3.63) is 72.6 Å². The summed E-state index contributed by atoms with van der Waals surface area (Å²) < 4.78 is 27.3. The predicted octanol–water partition coefficient (Wildman–Crippen LogP) is 5.99. The number of aromatic amines is 2. The summed E-state index contributed by atoms with van der Waals surface area (Å²) in [4.78, 5) is 14.2. The van der Waals surface area contributed by atoms with Crippen LogP contribution in [-0.2, 0) is 0 Å². The van der Waals surface area contributed by atoms with Gasteiger partial charge in [-0.3, -0.25) is 15.0 Å². The fourth-order valence-corrected chi connectivity index (χ4v) is 4.54. The number of aromatic nitrogens is 5. The van der Waals surface area contributed by atoms with Gasteiger partial charge >= 0.3 is 0 Å². The van der Waals surface area contributed by atoms with Gasteiger partial charge in [0.2, 0.25) is 0 Å². The van der Waals surface area contributed by atoms with E-state index in [4.69, 9.17) is 0 Å². The molecule has 0 aliphatic carbocycles. The van der Waals surface area contributed by atoms with Crippen LogP contribution in [0.15, 0.2) is 67.0 Å². The lowest BCUT2D eigenvalue weighted by Gasteiger charge is -2.16. The standard InChI is InChI=1S/C27H28F2N6/c1-4-17(2)10-19(11-18(3)15-35-9-7-27(28,29)16-35)20-12-21-25(33-34-26(21)31-14-20)24-13-23-22(32-24)6-5-8-30-23/h4-6,8,10-14,17,32H,1,7,9,15-16H2,2-3H3,(H,31,33,34)/b18-11+,19-10+/t17-/m0/s1. The van der Waals surface area contributed by atoms with E-state index in [1.54, 1.807) is 17.3 Å². The van der Waals surface area contributed by atoms with Gasteiger partial charge < -0.3 is 4.98 Å². The molecule has 1 atom stereocenters. The molecule has 8 heteroatoms. The number of allylic oxidation sites excluding steroid dienone is 4. The molecule has 6 nitrogen and oxygen atoms in total. The first-order chi connectivity index (χ1) is 16.8. The average Bonchev–Trinajstić information content (AvgIpc) is 3.53. The molecule has 180 valence electrons. The molecule has 0 saturated carbocycles. The molecule has 1 fully saturated rings. The number of fused-ring (bicyclic) bond motifs is 2. The van der Waals surface area contributed by atoms with Crippen LogP contribution in [0.3, 0.4) is 0 Å². The largest absolute Gasteiger partial charge is 0.352 e. The molecule has 1 aliphatic heterocycles. The van der Waals surface area contributed by atoms with Crippen molar-refractivity contribution < 1.29 is 8.78 Å². The third kappa shape index (κ3) is 4.93. The summed E-state index contributed by atoms with van der Waals surface area (Å²) in [5.41, 5.74) is 7.07. The number of rotatable bonds is 7. The third-order valence-corrected chi connectivity index (χ3v) is 6.34. The van der Waals surface area contributed by atoms with Crippen molar-refractivity contribution in [2.75, 3.05) is 19.6 Å². The van der Waals surface area contributed by atoms with E-state index in [0.29, 0.717) is 18.7 Å². The Hall–Kier alpha value is -3.65. The van der Waals surface area contributed by atoms with Gasteiger partial charge in [-0.15, -0.1) is 6.58 Å². The molecular formula is C27H28F2N6. The predicted molar refractivity (Wildman–Crippen MR) is 136 cm³/mol. The highest BCUT2D eigenvalue weighted by molar-refractivity contribution is 5.95. The van der Waals surface area contributed by atoms with Crippen molar-refractivity contribution in [3.63, 3.8) is 0 Å². The highest BCUT2D eigenvalue weighted by Crippen LogP contribution is 2.31. The van der Waals surface area contributed by atoms with Crippen molar-refractivity contribution in [1.82, 2.24) is 30.0 Å². The van der Waals surface area contributed by atoms with Crippen LogP contribution in [0.1, 0.15) is 25.8 Å². The van der Waals surface area contributed by atoms with E-state index in [1.165, 1.54) is 0 Å². The molecule has 0 aromatic carbocycles. The average molecular weight is 475 g/mol. The van der Waals surface area contributed by atoms with E-state index < -0.39 is 5.92 Å². The summed E-state index contributed by atoms with van der Waals surface area (Å²) in [5, 5.41) is 8.37. The molecule has 0 bridgehead atoms. The molecule has 0 unspecified atom stereocenters. The number of halogens is 2. The van der Waals surface area contributed by atoms with Gasteiger partial charge in [0.25, 0.3) is 5.92 Å². The van der Waals surface area contributed by atoms with Crippen LogP contribution in [0.4, 0.5) is 8.78 Å². The number of nitrogens with one attached hydrogen (secondary N) is 2. The van der Waals surface area contributed by atoms with Gasteiger partial charge in [-0.2, -0.15) is 5.10 Å². The molecule has 0 amide bonds. The van der Waals surface area contributed by atoms with Gasteiger partial charge in [0, 0.05) is 42.9 Å². The molecule has 4 aromatic rings. The molecular weight excluding hydrogens is 446 g/mol. The van der Waals surface area contributed by atoms with Crippen molar-refractivity contribution in [2.45, 2.75) is 26.2 Å². The van der Waals surface area contributed by atoms with Crippen LogP contribution in [0.5, 0.6) is 0 Å². The summed E-state index contributed by atoms with van der Waals surface area (Å²) in [7, 11) is 0. The minimum absolute atomic E-state index is 0.0798. The lowest BCUT2D eigenvalue weighted by molar-refractivity contribution is 0.0131. The summed E-state index contributed by atoms with van der Waals surface area (Å²) in [6.07, 6.45) is 9.53. The van der Waals surface area contributed by atoms with Crippen molar-refractivity contribution in [3.8, 4) is 11.4 Å². The molecule has 4 aromatic heterocycles. The number of H-pyrrole nitrogens is 2. The maximum atomic E-state index is 13.6. The molecule has 1 saturated heterocycles. The molecule has 35 heavy (non-hydrogen) atoms. The van der Waals surface area contributed by atoms with E-state index in [2.05, 4.69) is 56.9 Å². The zero-order valence-corrected chi connectivity index (χ0v) is 19.9. The quantitative estimate of drug-likeness (QED) is 0.255. The zero-order valence-electron chi connectivity index (χ0n) is 19.9. The molecule has 1 aliphatic rings. The second-order valence-electron chi connectivity index (χ2n) is 9.34. The van der Waals surface area contributed by atoms with E-state index in [9.17, 15) is 8.78 Å². The highest BCUT2D eigenvalue weighted by atomic mass is 19.3. The highest BCUT2D eigenvalue weighted by Gasteiger charge is 2.37. The number of alkyl halides is 2. The van der Waals surface area contributed by atoms with Crippen molar-refractivity contribution in [2.24, 2.45) is 5.92 Å². The lowest BCUT2D eigenvalue weighted by Crippen LogP contribution is -2.26. The number of hydrogen-bond donors (Lipinski definition) is 2. The SMILES string of the molecule is C=C[C@H](C)/C=C(\C=C(/C)CN1CCC(F)(F)C1)c1cnc2n[nH]c(-c3cc4ncccc4[nH]3)c2c1.